The summed E-state index contributed by atoms with van der Waals surface area (Å²) in [6, 6.07) is -0.543. The smallest absolute Gasteiger partial charge is 0.325 e. The third kappa shape index (κ3) is 2.34. The molecule has 3 saturated carbocycles. The van der Waals surface area contributed by atoms with Crippen molar-refractivity contribution in [3.05, 3.63) is 12.2 Å². The minimum atomic E-state index is -0.905. The van der Waals surface area contributed by atoms with E-state index in [9.17, 15) is 14.4 Å². The van der Waals surface area contributed by atoms with E-state index < -0.39 is 11.6 Å². The average molecular weight is 333 g/mol. The first-order valence-corrected chi connectivity index (χ1v) is 8.72. The van der Waals surface area contributed by atoms with Gasteiger partial charge in [-0.3, -0.25) is 14.5 Å². The molecule has 132 valence electrons. The predicted octanol–water partition coefficient (Wildman–Crippen LogP) is 1.81. The highest BCUT2D eigenvalue weighted by Crippen LogP contribution is 2.60. The molecule has 0 aromatic carbocycles. The second kappa shape index (κ2) is 5.33. The van der Waals surface area contributed by atoms with Crippen LogP contribution in [0.1, 0.15) is 47.0 Å². The summed E-state index contributed by atoms with van der Waals surface area (Å²) in [5.41, 5.74) is 0.440. The maximum atomic E-state index is 12.4. The predicted molar refractivity (Wildman–Crippen MR) is 90.0 cm³/mol. The van der Waals surface area contributed by atoms with Gasteiger partial charge in [-0.15, -0.1) is 0 Å². The molecule has 2 unspecified atom stereocenters. The molecule has 4 fully saturated rings. The number of fused-ring (bicyclic) bond motifs is 2. The molecular weight excluding hydrogens is 306 g/mol. The van der Waals surface area contributed by atoms with E-state index >= 15 is 0 Å². The van der Waals surface area contributed by atoms with Gasteiger partial charge in [0.2, 0.25) is 5.91 Å². The molecule has 0 spiro atoms. The van der Waals surface area contributed by atoms with Gasteiger partial charge in [-0.2, -0.15) is 0 Å². The Morgan fingerprint density at radius 1 is 1.33 bits per heavy atom. The molecule has 4 atom stereocenters. The van der Waals surface area contributed by atoms with Gasteiger partial charge in [-0.25, -0.2) is 4.79 Å². The Kier molecular flexibility index (Phi) is 3.77. The summed E-state index contributed by atoms with van der Waals surface area (Å²) < 4.78 is 0. The van der Waals surface area contributed by atoms with Gasteiger partial charge in [0.25, 0.3) is 5.91 Å². The van der Waals surface area contributed by atoms with Crippen LogP contribution in [-0.4, -0.2) is 40.9 Å². The maximum absolute atomic E-state index is 12.4. The third-order valence-corrected chi connectivity index (χ3v) is 6.58. The molecular formula is C18H27N3O3. The molecule has 6 heteroatoms. The van der Waals surface area contributed by atoms with Crippen LogP contribution in [0.25, 0.3) is 0 Å². The van der Waals surface area contributed by atoms with Crippen LogP contribution in [0, 0.1) is 17.3 Å². The lowest BCUT2D eigenvalue weighted by Gasteiger charge is -2.60. The van der Waals surface area contributed by atoms with Gasteiger partial charge in [0.1, 0.15) is 12.1 Å². The van der Waals surface area contributed by atoms with Crippen LogP contribution in [0.2, 0.25) is 0 Å². The lowest BCUT2D eigenvalue weighted by molar-refractivity contribution is -0.135. The number of amides is 4. The number of carbonyl (C=O) groups is 3. The van der Waals surface area contributed by atoms with Crippen LogP contribution in [0.15, 0.2) is 12.2 Å². The van der Waals surface area contributed by atoms with Gasteiger partial charge < -0.3 is 10.6 Å². The van der Waals surface area contributed by atoms with Crippen LogP contribution in [0.3, 0.4) is 0 Å². The number of urea groups is 1. The van der Waals surface area contributed by atoms with Crippen LogP contribution >= 0.6 is 0 Å². The summed E-state index contributed by atoms with van der Waals surface area (Å²) in [7, 11) is 0. The van der Waals surface area contributed by atoms with Gasteiger partial charge in [-0.1, -0.05) is 32.9 Å². The normalized spacial score (nSPS) is 37.1. The van der Waals surface area contributed by atoms with Crippen molar-refractivity contribution in [3.8, 4) is 0 Å². The molecule has 1 saturated heterocycles. The second-order valence-corrected chi connectivity index (χ2v) is 8.24. The van der Waals surface area contributed by atoms with E-state index in [0.717, 1.165) is 23.3 Å². The number of rotatable bonds is 4. The Morgan fingerprint density at radius 2 is 2.00 bits per heavy atom. The number of nitrogens with zero attached hydrogens (tertiary/aromatic N) is 1. The van der Waals surface area contributed by atoms with Gasteiger partial charge in [0, 0.05) is 0 Å². The van der Waals surface area contributed by atoms with E-state index in [4.69, 9.17) is 0 Å². The molecule has 24 heavy (non-hydrogen) atoms. The number of nitrogens with one attached hydrogen (secondary N) is 2. The Morgan fingerprint density at radius 3 is 2.50 bits per heavy atom. The quantitative estimate of drug-likeness (QED) is 0.608. The van der Waals surface area contributed by atoms with Crippen LogP contribution in [-0.2, 0) is 9.59 Å². The molecule has 2 N–H and O–H groups in total. The van der Waals surface area contributed by atoms with E-state index in [1.54, 1.807) is 6.92 Å². The first-order valence-electron chi connectivity index (χ1n) is 8.72. The molecule has 3 aliphatic carbocycles. The number of hydrogen-bond acceptors (Lipinski definition) is 3. The minimum absolute atomic E-state index is 0.0485. The molecule has 4 amide bonds. The highest BCUT2D eigenvalue weighted by atomic mass is 16.2. The van der Waals surface area contributed by atoms with E-state index in [1.807, 2.05) is 6.92 Å². The molecule has 6 nitrogen and oxygen atoms in total. The van der Waals surface area contributed by atoms with Crippen molar-refractivity contribution in [3.63, 3.8) is 0 Å². The zero-order chi connectivity index (χ0) is 17.9. The SMILES string of the molecule is C=C1C(NC(=O)CN2C(=O)NC(C)(CC)C2=O)C[C@H]2C[C@@H]1C2(C)C. The average Bonchev–Trinajstić information content (AvgIpc) is 2.72. The van der Waals surface area contributed by atoms with Gasteiger partial charge in [-0.05, 0) is 43.4 Å². The molecule has 0 aromatic heterocycles. The zero-order valence-electron chi connectivity index (χ0n) is 14.9. The van der Waals surface area contributed by atoms with E-state index in [2.05, 4.69) is 31.1 Å². The first-order chi connectivity index (χ1) is 11.1. The van der Waals surface area contributed by atoms with Crippen molar-refractivity contribution in [1.82, 2.24) is 15.5 Å². The molecule has 1 heterocycles. The maximum Gasteiger partial charge on any atom is 0.325 e. The molecule has 1 aliphatic heterocycles. The topological polar surface area (TPSA) is 78.5 Å². The Labute approximate surface area is 143 Å². The van der Waals surface area contributed by atoms with Crippen molar-refractivity contribution >= 4 is 17.8 Å². The van der Waals surface area contributed by atoms with Gasteiger partial charge in [0.15, 0.2) is 0 Å². The summed E-state index contributed by atoms with van der Waals surface area (Å²) in [6.07, 6.45) is 2.54. The third-order valence-electron chi connectivity index (χ3n) is 6.58. The van der Waals surface area contributed by atoms with Crippen molar-refractivity contribution in [2.45, 2.75) is 58.5 Å². The molecule has 4 aliphatic rings. The Balaban J connectivity index is 1.60. The summed E-state index contributed by atoms with van der Waals surface area (Å²) in [4.78, 5) is 37.7. The van der Waals surface area contributed by atoms with E-state index in [0.29, 0.717) is 18.3 Å². The summed E-state index contributed by atoms with van der Waals surface area (Å²) in [5, 5.41) is 5.63. The van der Waals surface area contributed by atoms with Gasteiger partial charge >= 0.3 is 6.03 Å². The van der Waals surface area contributed by atoms with Crippen LogP contribution in [0.5, 0.6) is 0 Å². The second-order valence-electron chi connectivity index (χ2n) is 8.24. The highest BCUT2D eigenvalue weighted by molar-refractivity contribution is 6.08. The Hall–Kier alpha value is -1.85. The standard InChI is InChI=1S/C18H27N3O3/c1-6-18(5)15(23)21(16(24)20-18)9-14(22)19-13-8-11-7-12(10(13)2)17(11,3)4/h11-13H,2,6-9H2,1,3-5H3,(H,19,22)(H,20,24)/t11-,12+,13?,18?/m1/s1. The fraction of sp³-hybridized carbons (Fsp3) is 0.722. The number of hydrogen-bond donors (Lipinski definition) is 2. The van der Waals surface area contributed by atoms with Crippen molar-refractivity contribution < 1.29 is 14.4 Å². The van der Waals surface area contributed by atoms with Crippen molar-refractivity contribution in [2.24, 2.45) is 17.3 Å². The van der Waals surface area contributed by atoms with E-state index in [1.165, 1.54) is 0 Å². The van der Waals surface area contributed by atoms with Crippen LogP contribution in [0.4, 0.5) is 4.79 Å². The van der Waals surface area contributed by atoms with Crippen LogP contribution < -0.4 is 10.6 Å². The zero-order valence-corrected chi connectivity index (χ0v) is 14.9. The lowest BCUT2D eigenvalue weighted by Crippen LogP contribution is -2.58. The fourth-order valence-electron chi connectivity index (χ4n) is 4.39. The van der Waals surface area contributed by atoms with E-state index in [-0.39, 0.29) is 29.8 Å². The largest absolute Gasteiger partial charge is 0.348 e. The summed E-state index contributed by atoms with van der Waals surface area (Å²) in [5.74, 6) is 0.403. The summed E-state index contributed by atoms with van der Waals surface area (Å²) >= 11 is 0. The molecule has 4 rings (SSSR count). The first kappa shape index (κ1) is 17.0. The number of carbonyl (C=O) groups excluding carboxylic acids is 3. The fourth-order valence-corrected chi connectivity index (χ4v) is 4.39. The lowest BCUT2D eigenvalue weighted by atomic mass is 9.46. The summed E-state index contributed by atoms with van der Waals surface area (Å²) in [6.45, 7) is 12.0. The van der Waals surface area contributed by atoms with Crippen molar-refractivity contribution in [1.29, 1.82) is 0 Å². The van der Waals surface area contributed by atoms with Crippen molar-refractivity contribution in [2.75, 3.05) is 6.54 Å². The molecule has 2 bridgehead atoms. The number of imide groups is 1. The monoisotopic (exact) mass is 333 g/mol. The molecule has 0 radical (unpaired) electrons. The Bertz CT molecular complexity index is 627. The molecule has 0 aromatic rings. The highest BCUT2D eigenvalue weighted by Gasteiger charge is 2.55. The van der Waals surface area contributed by atoms with Gasteiger partial charge in [0.05, 0.1) is 6.04 Å². The minimum Gasteiger partial charge on any atom is -0.348 e.